The van der Waals surface area contributed by atoms with Crippen molar-refractivity contribution in [3.8, 4) is 0 Å². The summed E-state index contributed by atoms with van der Waals surface area (Å²) in [6.45, 7) is 3.66. The van der Waals surface area contributed by atoms with Crippen molar-refractivity contribution in [1.82, 2.24) is 30.3 Å². The number of likely N-dealkylation sites (N-methyl/N-ethyl adjacent to an activating group) is 1. The lowest BCUT2D eigenvalue weighted by molar-refractivity contribution is -0.138. The Balaban J connectivity index is 1.11. The number of nitrogens with one attached hydrogen (secondary N) is 2. The molecule has 0 bridgehead atoms. The van der Waals surface area contributed by atoms with E-state index in [4.69, 9.17) is 0 Å². The number of aromatic amines is 1. The van der Waals surface area contributed by atoms with Gasteiger partial charge in [0.2, 0.25) is 0 Å². The molecule has 1 aliphatic rings. The smallest absolute Gasteiger partial charge is 0.352 e. The number of hydrogen-bond donors (Lipinski definition) is 2. The molecular weight excluding hydrogens is 561 g/mol. The van der Waals surface area contributed by atoms with Gasteiger partial charge in [-0.05, 0) is 79.4 Å². The first kappa shape index (κ1) is 29.8. The molecular formula is C31H33F3N6OS. The van der Waals surface area contributed by atoms with Crippen molar-refractivity contribution < 1.29 is 18.0 Å². The molecule has 0 radical (unpaired) electrons. The van der Waals surface area contributed by atoms with Gasteiger partial charge in [0.25, 0.3) is 5.91 Å². The van der Waals surface area contributed by atoms with Gasteiger partial charge >= 0.3 is 6.18 Å². The number of halogens is 3. The molecule has 0 unspecified atom stereocenters. The molecule has 2 N–H and O–H groups in total. The third-order valence-corrected chi connectivity index (χ3v) is 8.29. The second-order valence-corrected chi connectivity index (χ2v) is 11.5. The Morgan fingerprint density at radius 2 is 1.90 bits per heavy atom. The van der Waals surface area contributed by atoms with E-state index in [9.17, 15) is 18.0 Å². The number of benzene rings is 2. The van der Waals surface area contributed by atoms with E-state index >= 15 is 0 Å². The van der Waals surface area contributed by atoms with Gasteiger partial charge in [-0.2, -0.15) is 18.3 Å². The maximum Gasteiger partial charge on any atom is 0.416 e. The summed E-state index contributed by atoms with van der Waals surface area (Å²) >= 11 is 1.64. The predicted octanol–water partition coefficient (Wildman–Crippen LogP) is 5.81. The van der Waals surface area contributed by atoms with Crippen LogP contribution in [0.1, 0.15) is 39.3 Å². The second-order valence-electron chi connectivity index (χ2n) is 10.3. The number of H-pyrrole nitrogens is 1. The van der Waals surface area contributed by atoms with E-state index < -0.39 is 17.6 Å². The van der Waals surface area contributed by atoms with Gasteiger partial charge < -0.3 is 10.2 Å². The average Bonchev–Trinajstić information content (AvgIpc) is 3.39. The highest BCUT2D eigenvalue weighted by molar-refractivity contribution is 7.99. The summed E-state index contributed by atoms with van der Waals surface area (Å²) in [5.74, 6) is 0.242. The maximum atomic E-state index is 13.9. The predicted molar refractivity (Wildman–Crippen MR) is 161 cm³/mol. The lowest BCUT2D eigenvalue weighted by atomic mass is 10.0. The van der Waals surface area contributed by atoms with Gasteiger partial charge in [0, 0.05) is 61.3 Å². The van der Waals surface area contributed by atoms with Crippen LogP contribution in [0.5, 0.6) is 0 Å². The number of aromatic nitrogens is 3. The molecule has 2 aromatic heterocycles. The molecule has 1 saturated heterocycles. The highest BCUT2D eigenvalue weighted by atomic mass is 32.2. The monoisotopic (exact) mass is 594 g/mol. The van der Waals surface area contributed by atoms with Crippen LogP contribution in [0, 0.1) is 0 Å². The lowest BCUT2D eigenvalue weighted by Crippen LogP contribution is -2.44. The number of thioether (sulfide) groups is 1. The highest BCUT2D eigenvalue weighted by Crippen LogP contribution is 2.33. The van der Waals surface area contributed by atoms with Crippen LogP contribution in [-0.2, 0) is 12.7 Å². The Bertz CT molecular complexity index is 1530. The van der Waals surface area contributed by atoms with E-state index in [1.54, 1.807) is 18.0 Å². The number of carbonyl (C=O) groups excluding carboxylic acids is 1. The van der Waals surface area contributed by atoms with Crippen molar-refractivity contribution in [3.63, 3.8) is 0 Å². The minimum absolute atomic E-state index is 0.0229. The van der Waals surface area contributed by atoms with Crippen LogP contribution in [0.2, 0.25) is 0 Å². The number of alkyl halides is 3. The molecule has 1 fully saturated rings. The van der Waals surface area contributed by atoms with Crippen molar-refractivity contribution >= 4 is 40.7 Å². The van der Waals surface area contributed by atoms with Gasteiger partial charge in [-0.1, -0.05) is 12.1 Å². The zero-order valence-corrected chi connectivity index (χ0v) is 24.1. The number of carbonyl (C=O) groups is 1. The molecule has 0 saturated carbocycles. The Morgan fingerprint density at radius 3 is 2.67 bits per heavy atom. The summed E-state index contributed by atoms with van der Waals surface area (Å²) < 4.78 is 41.6. The molecule has 4 aromatic rings. The van der Waals surface area contributed by atoms with Crippen LogP contribution in [-0.4, -0.2) is 76.4 Å². The summed E-state index contributed by atoms with van der Waals surface area (Å²) in [4.78, 5) is 22.2. The van der Waals surface area contributed by atoms with Gasteiger partial charge in [-0.25, -0.2) is 0 Å². The van der Waals surface area contributed by atoms with Crippen LogP contribution >= 0.6 is 11.8 Å². The van der Waals surface area contributed by atoms with Crippen molar-refractivity contribution in [1.29, 1.82) is 0 Å². The molecule has 11 heteroatoms. The topological polar surface area (TPSA) is 77.2 Å². The van der Waals surface area contributed by atoms with Crippen molar-refractivity contribution in [2.75, 3.05) is 45.5 Å². The highest BCUT2D eigenvalue weighted by Gasteiger charge is 2.34. The molecule has 0 atom stereocenters. The number of amides is 1. The molecule has 3 heterocycles. The van der Waals surface area contributed by atoms with Gasteiger partial charge in [0.05, 0.1) is 22.5 Å². The van der Waals surface area contributed by atoms with Crippen LogP contribution in [0.25, 0.3) is 23.1 Å². The van der Waals surface area contributed by atoms with Crippen molar-refractivity contribution in [2.45, 2.75) is 24.0 Å². The van der Waals surface area contributed by atoms with Crippen LogP contribution in [0.3, 0.4) is 0 Å². The quantitative estimate of drug-likeness (QED) is 0.178. The molecule has 220 valence electrons. The molecule has 42 heavy (non-hydrogen) atoms. The van der Waals surface area contributed by atoms with Gasteiger partial charge in [-0.3, -0.25) is 19.8 Å². The minimum atomic E-state index is -4.53. The maximum absolute atomic E-state index is 13.9. The third-order valence-electron chi connectivity index (χ3n) is 7.21. The summed E-state index contributed by atoms with van der Waals surface area (Å²) in [6.07, 6.45) is 1.73. The number of nitrogens with zero attached hydrogens (tertiary/aromatic N) is 4. The van der Waals surface area contributed by atoms with E-state index in [2.05, 4.69) is 25.4 Å². The van der Waals surface area contributed by atoms with Crippen molar-refractivity contribution in [3.05, 3.63) is 88.9 Å². The van der Waals surface area contributed by atoms with Gasteiger partial charge in [-0.15, -0.1) is 11.8 Å². The first-order valence-electron chi connectivity index (χ1n) is 13.9. The molecule has 7 nitrogen and oxygen atoms in total. The molecule has 1 amide bonds. The zero-order valence-electron chi connectivity index (χ0n) is 23.3. The Labute approximate surface area is 247 Å². The molecule has 2 aromatic carbocycles. The molecule has 0 aliphatic carbocycles. The number of piperazine rings is 1. The van der Waals surface area contributed by atoms with E-state index in [-0.39, 0.29) is 17.7 Å². The van der Waals surface area contributed by atoms with E-state index in [1.807, 2.05) is 60.5 Å². The fourth-order valence-corrected chi connectivity index (χ4v) is 5.70. The van der Waals surface area contributed by atoms with Crippen LogP contribution in [0.4, 0.5) is 13.2 Å². The Hall–Kier alpha value is -3.67. The molecule has 0 spiro atoms. The fourth-order valence-electron chi connectivity index (χ4n) is 4.81. The van der Waals surface area contributed by atoms with Gasteiger partial charge in [0.1, 0.15) is 0 Å². The molecule has 1 aliphatic heterocycles. The van der Waals surface area contributed by atoms with Crippen LogP contribution < -0.4 is 5.32 Å². The minimum Gasteiger partial charge on any atom is -0.352 e. The lowest BCUT2D eigenvalue weighted by Gasteiger charge is -2.33. The van der Waals surface area contributed by atoms with E-state index in [0.29, 0.717) is 13.0 Å². The summed E-state index contributed by atoms with van der Waals surface area (Å²) in [5, 5.41) is 11.2. The van der Waals surface area contributed by atoms with E-state index in [1.165, 1.54) is 12.1 Å². The number of pyridine rings is 1. The standard InChI is InChI=1S/C31H33F3N6OS/c1-39-14-16-40(17-15-39)21-23-7-6-22(19-27(23)31(32,33)34)30(41)36-13-4-18-42-25-9-10-26-28(37-38-29(26)20-25)11-8-24-5-2-3-12-35-24/h2-3,5-12,19-20H,4,13-18,21H2,1H3,(H,36,41)(H,37,38)/b11-8+. The van der Waals surface area contributed by atoms with Crippen LogP contribution in [0.15, 0.2) is 65.7 Å². The normalized spacial score (nSPS) is 15.0. The third kappa shape index (κ3) is 7.78. The largest absolute Gasteiger partial charge is 0.416 e. The number of fused-ring (bicyclic) bond motifs is 1. The SMILES string of the molecule is CN1CCN(Cc2ccc(C(=O)NCCCSc3ccc4c(/C=C/c5ccccn5)n[nH]c4c3)cc2C(F)(F)F)CC1. The number of hydrogen-bond acceptors (Lipinski definition) is 6. The number of rotatable bonds is 10. The Morgan fingerprint density at radius 1 is 1.07 bits per heavy atom. The summed E-state index contributed by atoms with van der Waals surface area (Å²) in [7, 11) is 2.00. The van der Waals surface area contributed by atoms with E-state index in [0.717, 1.165) is 65.2 Å². The van der Waals surface area contributed by atoms with Gasteiger partial charge in [0.15, 0.2) is 0 Å². The van der Waals surface area contributed by atoms with Crippen molar-refractivity contribution in [2.24, 2.45) is 0 Å². The first-order valence-corrected chi connectivity index (χ1v) is 14.8. The average molecular weight is 595 g/mol. The summed E-state index contributed by atoms with van der Waals surface area (Å²) in [6, 6.07) is 15.7. The second kappa shape index (κ2) is 13.5. The first-order chi connectivity index (χ1) is 20.3. The molecule has 5 rings (SSSR count). The zero-order chi connectivity index (χ0) is 29.5. The summed E-state index contributed by atoms with van der Waals surface area (Å²) in [5.41, 5.74) is 2.09. The Kier molecular flexibility index (Phi) is 9.61. The fraction of sp³-hybridized carbons (Fsp3) is 0.323.